The summed E-state index contributed by atoms with van der Waals surface area (Å²) in [5.74, 6) is 0. The Morgan fingerprint density at radius 3 is 2.75 bits per heavy atom. The average molecular weight is 230 g/mol. The highest BCUT2D eigenvalue weighted by molar-refractivity contribution is 7.98. The van der Waals surface area contributed by atoms with Gasteiger partial charge in [-0.1, -0.05) is 24.3 Å². The molecule has 1 heterocycles. The minimum atomic E-state index is 0.865. The highest BCUT2D eigenvalue weighted by Crippen LogP contribution is 2.15. The van der Waals surface area contributed by atoms with Crippen LogP contribution in [0.1, 0.15) is 5.56 Å². The number of rotatable bonds is 4. The molecule has 3 heteroatoms. The Labute approximate surface area is 100 Å². The molecule has 0 fully saturated rings. The van der Waals surface area contributed by atoms with E-state index in [4.69, 9.17) is 0 Å². The summed E-state index contributed by atoms with van der Waals surface area (Å²) in [6.45, 7) is 0.865. The van der Waals surface area contributed by atoms with Crippen LogP contribution in [0.4, 0.5) is 0 Å². The second-order valence-electron chi connectivity index (χ2n) is 3.44. The standard InChI is InChI=1S/C13H14N2S/c1-16-13-6-4-12(5-7-13)3-2-9-15-10-8-14-11-15/h2-8,10-11H,9H2,1H3. The van der Waals surface area contributed by atoms with Crippen LogP contribution >= 0.6 is 11.8 Å². The van der Waals surface area contributed by atoms with Gasteiger partial charge in [0, 0.05) is 23.8 Å². The molecular formula is C13H14N2S. The second-order valence-corrected chi connectivity index (χ2v) is 4.31. The first kappa shape index (κ1) is 11.0. The van der Waals surface area contributed by atoms with E-state index < -0.39 is 0 Å². The predicted molar refractivity (Wildman–Crippen MR) is 69.5 cm³/mol. The van der Waals surface area contributed by atoms with Crippen LogP contribution in [0.3, 0.4) is 0 Å². The second kappa shape index (κ2) is 5.56. The Hall–Kier alpha value is -1.48. The topological polar surface area (TPSA) is 17.8 Å². The van der Waals surface area contributed by atoms with Gasteiger partial charge >= 0.3 is 0 Å². The molecule has 0 unspecified atom stereocenters. The number of hydrogen-bond acceptors (Lipinski definition) is 2. The number of benzene rings is 1. The first-order chi connectivity index (χ1) is 7.88. The zero-order valence-electron chi connectivity index (χ0n) is 9.21. The molecule has 0 aliphatic carbocycles. The van der Waals surface area contributed by atoms with E-state index in [1.54, 1.807) is 18.0 Å². The Bertz CT molecular complexity index is 443. The van der Waals surface area contributed by atoms with E-state index in [2.05, 4.69) is 47.7 Å². The van der Waals surface area contributed by atoms with Crippen molar-refractivity contribution in [2.75, 3.05) is 6.26 Å². The highest BCUT2D eigenvalue weighted by atomic mass is 32.2. The van der Waals surface area contributed by atoms with E-state index in [1.807, 2.05) is 17.1 Å². The predicted octanol–water partition coefficient (Wildman–Crippen LogP) is 3.32. The van der Waals surface area contributed by atoms with Gasteiger partial charge in [-0.15, -0.1) is 11.8 Å². The van der Waals surface area contributed by atoms with E-state index in [1.165, 1.54) is 10.5 Å². The van der Waals surface area contributed by atoms with E-state index in [9.17, 15) is 0 Å². The normalized spacial score (nSPS) is 11.1. The molecule has 16 heavy (non-hydrogen) atoms. The number of imidazole rings is 1. The van der Waals surface area contributed by atoms with E-state index in [0.29, 0.717) is 0 Å². The van der Waals surface area contributed by atoms with Gasteiger partial charge in [0.2, 0.25) is 0 Å². The molecule has 0 atom stereocenters. The average Bonchev–Trinajstić information content (AvgIpc) is 2.83. The van der Waals surface area contributed by atoms with Gasteiger partial charge in [-0.3, -0.25) is 0 Å². The van der Waals surface area contributed by atoms with Crippen molar-refractivity contribution in [3.63, 3.8) is 0 Å². The largest absolute Gasteiger partial charge is 0.334 e. The molecule has 2 nitrogen and oxygen atoms in total. The maximum Gasteiger partial charge on any atom is 0.0948 e. The van der Waals surface area contributed by atoms with Gasteiger partial charge in [0.15, 0.2) is 0 Å². The third-order valence-corrected chi connectivity index (χ3v) is 3.05. The number of hydrogen-bond donors (Lipinski definition) is 0. The molecule has 0 amide bonds. The lowest BCUT2D eigenvalue weighted by atomic mass is 10.2. The third kappa shape index (κ3) is 3.00. The zero-order chi connectivity index (χ0) is 11.2. The minimum absolute atomic E-state index is 0.865. The molecule has 1 aromatic carbocycles. The van der Waals surface area contributed by atoms with Gasteiger partial charge in [-0.05, 0) is 24.0 Å². The number of allylic oxidation sites excluding steroid dienone is 1. The highest BCUT2D eigenvalue weighted by Gasteiger charge is 1.89. The molecule has 1 aromatic heterocycles. The smallest absolute Gasteiger partial charge is 0.0948 e. The van der Waals surface area contributed by atoms with Gasteiger partial charge in [-0.2, -0.15) is 0 Å². The number of nitrogens with zero attached hydrogens (tertiary/aromatic N) is 2. The van der Waals surface area contributed by atoms with Crippen LogP contribution in [0.25, 0.3) is 6.08 Å². The van der Waals surface area contributed by atoms with Crippen LogP contribution in [0.2, 0.25) is 0 Å². The Morgan fingerprint density at radius 2 is 2.12 bits per heavy atom. The Morgan fingerprint density at radius 1 is 1.31 bits per heavy atom. The number of aromatic nitrogens is 2. The molecule has 0 spiro atoms. The summed E-state index contributed by atoms with van der Waals surface area (Å²) in [6.07, 6.45) is 11.9. The summed E-state index contributed by atoms with van der Waals surface area (Å²) in [4.78, 5) is 5.29. The molecule has 82 valence electrons. The summed E-state index contributed by atoms with van der Waals surface area (Å²) >= 11 is 1.76. The summed E-state index contributed by atoms with van der Waals surface area (Å²) < 4.78 is 2.03. The van der Waals surface area contributed by atoms with E-state index in [0.717, 1.165) is 6.54 Å². The Kier molecular flexibility index (Phi) is 3.83. The van der Waals surface area contributed by atoms with Crippen molar-refractivity contribution in [2.45, 2.75) is 11.4 Å². The lowest BCUT2D eigenvalue weighted by Crippen LogP contribution is -1.89. The molecule has 0 saturated carbocycles. The first-order valence-electron chi connectivity index (χ1n) is 5.15. The fraction of sp³-hybridized carbons (Fsp3) is 0.154. The summed E-state index contributed by atoms with van der Waals surface area (Å²) in [6, 6.07) is 8.55. The summed E-state index contributed by atoms with van der Waals surface area (Å²) in [5, 5.41) is 0. The van der Waals surface area contributed by atoms with Crippen molar-refractivity contribution in [2.24, 2.45) is 0 Å². The maximum absolute atomic E-state index is 4.00. The molecular weight excluding hydrogens is 216 g/mol. The molecule has 0 bridgehead atoms. The lowest BCUT2D eigenvalue weighted by Gasteiger charge is -1.97. The van der Waals surface area contributed by atoms with Gasteiger partial charge in [0.25, 0.3) is 0 Å². The van der Waals surface area contributed by atoms with Gasteiger partial charge in [0.1, 0.15) is 0 Å². The molecule has 0 aliphatic rings. The maximum atomic E-state index is 4.00. The third-order valence-electron chi connectivity index (χ3n) is 2.30. The molecule has 0 radical (unpaired) electrons. The molecule has 0 saturated heterocycles. The zero-order valence-corrected chi connectivity index (χ0v) is 10.0. The molecule has 2 rings (SSSR count). The van der Waals surface area contributed by atoms with Crippen LogP contribution < -0.4 is 0 Å². The van der Waals surface area contributed by atoms with Crippen LogP contribution in [0, 0.1) is 0 Å². The van der Waals surface area contributed by atoms with Crippen LogP contribution in [0.15, 0.2) is 54.0 Å². The van der Waals surface area contributed by atoms with Crippen molar-refractivity contribution in [3.05, 3.63) is 54.6 Å². The SMILES string of the molecule is CSc1ccc(C=CCn2ccnc2)cc1. The van der Waals surface area contributed by atoms with E-state index in [-0.39, 0.29) is 0 Å². The van der Waals surface area contributed by atoms with Gasteiger partial charge in [-0.25, -0.2) is 4.98 Å². The fourth-order valence-corrected chi connectivity index (χ4v) is 1.83. The van der Waals surface area contributed by atoms with Crippen molar-refractivity contribution >= 4 is 17.8 Å². The van der Waals surface area contributed by atoms with Gasteiger partial charge in [0.05, 0.1) is 6.33 Å². The first-order valence-corrected chi connectivity index (χ1v) is 6.37. The van der Waals surface area contributed by atoms with E-state index >= 15 is 0 Å². The summed E-state index contributed by atoms with van der Waals surface area (Å²) in [5.41, 5.74) is 1.23. The van der Waals surface area contributed by atoms with Gasteiger partial charge < -0.3 is 4.57 Å². The Balaban J connectivity index is 1.95. The summed E-state index contributed by atoms with van der Waals surface area (Å²) in [7, 11) is 0. The molecule has 0 aliphatic heterocycles. The molecule has 0 N–H and O–H groups in total. The van der Waals surface area contributed by atoms with Crippen LogP contribution in [-0.2, 0) is 6.54 Å². The molecule has 2 aromatic rings. The van der Waals surface area contributed by atoms with Crippen molar-refractivity contribution in [1.29, 1.82) is 0 Å². The van der Waals surface area contributed by atoms with Crippen molar-refractivity contribution in [1.82, 2.24) is 9.55 Å². The van der Waals surface area contributed by atoms with Crippen molar-refractivity contribution < 1.29 is 0 Å². The minimum Gasteiger partial charge on any atom is -0.334 e. The fourth-order valence-electron chi connectivity index (χ4n) is 1.42. The van der Waals surface area contributed by atoms with Crippen LogP contribution in [0.5, 0.6) is 0 Å². The van der Waals surface area contributed by atoms with Crippen molar-refractivity contribution in [3.8, 4) is 0 Å². The number of thioether (sulfide) groups is 1. The quantitative estimate of drug-likeness (QED) is 0.750. The van der Waals surface area contributed by atoms with Crippen LogP contribution in [-0.4, -0.2) is 15.8 Å². The monoisotopic (exact) mass is 230 g/mol. The lowest BCUT2D eigenvalue weighted by molar-refractivity contribution is 0.823.